The first-order valence-electron chi connectivity index (χ1n) is 9.79. The molecule has 2 aromatic rings. The van der Waals surface area contributed by atoms with Crippen LogP contribution in [0, 0.1) is 5.82 Å². The monoisotopic (exact) mass is 407 g/mol. The number of hydrogen-bond donors (Lipinski definition) is 0. The van der Waals surface area contributed by atoms with Gasteiger partial charge in [0.1, 0.15) is 24.9 Å². The molecule has 1 aromatic heterocycles. The maximum atomic E-state index is 13.5. The maximum Gasteiger partial charge on any atom is 0.417 e. The molecule has 0 fully saturated rings. The lowest BCUT2D eigenvalue weighted by molar-refractivity contribution is 0.112. The Morgan fingerprint density at radius 1 is 1.23 bits per heavy atom. The summed E-state index contributed by atoms with van der Waals surface area (Å²) in [6.45, 7) is 4.81. The van der Waals surface area contributed by atoms with Crippen LogP contribution in [0.3, 0.4) is 0 Å². The molecule has 2 aliphatic heterocycles. The lowest BCUT2D eigenvalue weighted by Crippen LogP contribution is -2.44. The fraction of sp³-hybridized carbons (Fsp3) is 0.261. The summed E-state index contributed by atoms with van der Waals surface area (Å²) >= 11 is 0. The number of aromatic nitrogens is 1. The third kappa shape index (κ3) is 3.58. The van der Waals surface area contributed by atoms with Crippen LogP contribution in [-0.4, -0.2) is 35.5 Å². The second kappa shape index (κ2) is 8.10. The topological polar surface area (TPSA) is 62.7 Å². The Balaban J connectivity index is 1.90. The van der Waals surface area contributed by atoms with Gasteiger partial charge in [0, 0.05) is 29.4 Å². The molecule has 1 amide bonds. The quantitative estimate of drug-likeness (QED) is 0.677. The second-order valence-corrected chi connectivity index (χ2v) is 7.53. The van der Waals surface area contributed by atoms with E-state index in [-0.39, 0.29) is 25.0 Å². The molecule has 0 saturated heterocycles. The van der Waals surface area contributed by atoms with Crippen molar-refractivity contribution in [1.29, 1.82) is 0 Å². The SMILES string of the molecule is CC(C)c1nc2c(c(-c3ccc(F)cc3)c1C=O)COC(=O)N2CN1C=CC=CC1. The smallest absolute Gasteiger partial charge is 0.417 e. The van der Waals surface area contributed by atoms with Crippen LogP contribution in [0.15, 0.2) is 48.7 Å². The van der Waals surface area contributed by atoms with Crippen molar-refractivity contribution in [2.24, 2.45) is 0 Å². The minimum Gasteiger partial charge on any atom is -0.444 e. The summed E-state index contributed by atoms with van der Waals surface area (Å²) in [5, 5.41) is 0. The van der Waals surface area contributed by atoms with Crippen molar-refractivity contribution in [3.8, 4) is 11.1 Å². The van der Waals surface area contributed by atoms with E-state index in [2.05, 4.69) is 0 Å². The molecule has 0 aliphatic carbocycles. The number of fused-ring (bicyclic) bond motifs is 1. The van der Waals surface area contributed by atoms with Crippen LogP contribution >= 0.6 is 0 Å². The summed E-state index contributed by atoms with van der Waals surface area (Å²) < 4.78 is 19.0. The Morgan fingerprint density at radius 2 is 2.00 bits per heavy atom. The molecule has 0 radical (unpaired) electrons. The normalized spacial score (nSPS) is 15.4. The van der Waals surface area contributed by atoms with Gasteiger partial charge in [-0.3, -0.25) is 4.79 Å². The van der Waals surface area contributed by atoms with Gasteiger partial charge in [-0.2, -0.15) is 0 Å². The Morgan fingerprint density at radius 3 is 2.63 bits per heavy atom. The van der Waals surface area contributed by atoms with Gasteiger partial charge >= 0.3 is 6.09 Å². The molecule has 0 atom stereocenters. The third-order valence-corrected chi connectivity index (χ3v) is 5.16. The first-order valence-corrected chi connectivity index (χ1v) is 9.79. The predicted molar refractivity (Wildman–Crippen MR) is 112 cm³/mol. The summed E-state index contributed by atoms with van der Waals surface area (Å²) in [6, 6.07) is 5.95. The first-order chi connectivity index (χ1) is 14.5. The molecule has 0 bridgehead atoms. The number of benzene rings is 1. The van der Waals surface area contributed by atoms with Crippen LogP contribution < -0.4 is 4.90 Å². The molecule has 1 aromatic carbocycles. The highest BCUT2D eigenvalue weighted by atomic mass is 19.1. The van der Waals surface area contributed by atoms with Crippen molar-refractivity contribution in [3.63, 3.8) is 0 Å². The van der Waals surface area contributed by atoms with E-state index in [1.165, 1.54) is 17.0 Å². The molecule has 4 rings (SSSR count). The fourth-order valence-electron chi connectivity index (χ4n) is 3.73. The van der Waals surface area contributed by atoms with Crippen LogP contribution in [0.5, 0.6) is 0 Å². The van der Waals surface area contributed by atoms with Gasteiger partial charge in [0.15, 0.2) is 6.29 Å². The summed E-state index contributed by atoms with van der Waals surface area (Å²) in [5.41, 5.74) is 2.98. The molecule has 2 aliphatic rings. The molecule has 7 heteroatoms. The van der Waals surface area contributed by atoms with Gasteiger partial charge in [0.2, 0.25) is 0 Å². The van der Waals surface area contributed by atoms with Gasteiger partial charge in [-0.25, -0.2) is 19.1 Å². The Hall–Kier alpha value is -3.48. The van der Waals surface area contributed by atoms with Crippen molar-refractivity contribution < 1.29 is 18.7 Å². The maximum absolute atomic E-state index is 13.5. The Labute approximate surface area is 174 Å². The number of cyclic esters (lactones) is 1. The number of amides is 1. The van der Waals surface area contributed by atoms with E-state index in [9.17, 15) is 14.0 Å². The van der Waals surface area contributed by atoms with Crippen molar-refractivity contribution in [2.75, 3.05) is 18.1 Å². The van der Waals surface area contributed by atoms with E-state index < -0.39 is 6.09 Å². The lowest BCUT2D eigenvalue weighted by atomic mass is 9.91. The minimum atomic E-state index is -0.489. The van der Waals surface area contributed by atoms with Gasteiger partial charge in [0.05, 0.1) is 5.69 Å². The highest BCUT2D eigenvalue weighted by Crippen LogP contribution is 2.39. The number of ether oxygens (including phenoxy) is 1. The van der Waals surface area contributed by atoms with Gasteiger partial charge in [-0.05, 0) is 29.7 Å². The second-order valence-electron chi connectivity index (χ2n) is 7.53. The zero-order valence-corrected chi connectivity index (χ0v) is 16.8. The number of aldehydes is 1. The Bertz CT molecular complexity index is 1040. The number of anilines is 1. The summed E-state index contributed by atoms with van der Waals surface area (Å²) in [6.07, 6.45) is 8.01. The third-order valence-electron chi connectivity index (χ3n) is 5.16. The average molecular weight is 407 g/mol. The summed E-state index contributed by atoms with van der Waals surface area (Å²) in [7, 11) is 0. The lowest BCUT2D eigenvalue weighted by Gasteiger charge is -2.34. The number of rotatable bonds is 5. The largest absolute Gasteiger partial charge is 0.444 e. The van der Waals surface area contributed by atoms with Gasteiger partial charge < -0.3 is 9.64 Å². The molecular weight excluding hydrogens is 385 g/mol. The number of carbonyl (C=O) groups is 2. The average Bonchev–Trinajstić information content (AvgIpc) is 2.75. The zero-order valence-electron chi connectivity index (χ0n) is 16.8. The number of nitrogens with zero attached hydrogens (tertiary/aromatic N) is 3. The van der Waals surface area contributed by atoms with Crippen molar-refractivity contribution in [3.05, 3.63) is 71.3 Å². The van der Waals surface area contributed by atoms with E-state index in [4.69, 9.17) is 9.72 Å². The van der Waals surface area contributed by atoms with Gasteiger partial charge in [-0.15, -0.1) is 0 Å². The van der Waals surface area contributed by atoms with Crippen LogP contribution in [0.2, 0.25) is 0 Å². The van der Waals surface area contributed by atoms with E-state index in [0.717, 1.165) is 6.29 Å². The van der Waals surface area contributed by atoms with Crippen molar-refractivity contribution >= 4 is 18.2 Å². The zero-order chi connectivity index (χ0) is 21.3. The van der Waals surface area contributed by atoms with E-state index in [1.54, 1.807) is 12.1 Å². The van der Waals surface area contributed by atoms with Gasteiger partial charge in [0.25, 0.3) is 0 Å². The van der Waals surface area contributed by atoms with Crippen molar-refractivity contribution in [2.45, 2.75) is 26.4 Å². The number of pyridine rings is 1. The molecule has 0 saturated carbocycles. The summed E-state index contributed by atoms with van der Waals surface area (Å²) in [4.78, 5) is 32.9. The standard InChI is InChI=1S/C23H22FN3O3/c1-15(2)21-18(12-28)20(16-6-8-17(24)9-7-16)19-13-30-23(29)27(22(19)25-21)14-26-10-4-3-5-11-26/h3-10,12,15H,11,13-14H2,1-2H3. The molecule has 0 unspecified atom stereocenters. The van der Waals surface area contributed by atoms with E-state index >= 15 is 0 Å². The highest BCUT2D eigenvalue weighted by Gasteiger charge is 2.33. The van der Waals surface area contributed by atoms with E-state index in [1.807, 2.05) is 43.2 Å². The predicted octanol–water partition coefficient (Wildman–Crippen LogP) is 4.62. The van der Waals surface area contributed by atoms with Crippen LogP contribution in [-0.2, 0) is 11.3 Å². The fourth-order valence-corrected chi connectivity index (χ4v) is 3.73. The minimum absolute atomic E-state index is 0.000661. The molecular formula is C23H22FN3O3. The molecule has 0 spiro atoms. The molecule has 3 heterocycles. The summed E-state index contributed by atoms with van der Waals surface area (Å²) in [5.74, 6) is 0.0616. The Kier molecular flexibility index (Phi) is 5.35. The molecule has 154 valence electrons. The van der Waals surface area contributed by atoms with Crippen LogP contribution in [0.25, 0.3) is 11.1 Å². The van der Waals surface area contributed by atoms with Crippen LogP contribution in [0.4, 0.5) is 15.0 Å². The first kappa shape index (κ1) is 19.8. The number of halogens is 1. The molecule has 6 nitrogen and oxygen atoms in total. The molecule has 30 heavy (non-hydrogen) atoms. The number of hydrogen-bond acceptors (Lipinski definition) is 5. The number of allylic oxidation sites excluding steroid dienone is 2. The van der Waals surface area contributed by atoms with Crippen LogP contribution in [0.1, 0.15) is 41.4 Å². The van der Waals surface area contributed by atoms with Crippen molar-refractivity contribution in [1.82, 2.24) is 9.88 Å². The van der Waals surface area contributed by atoms with E-state index in [0.29, 0.717) is 40.3 Å². The number of carbonyl (C=O) groups excluding carboxylic acids is 2. The van der Waals surface area contributed by atoms with Gasteiger partial charge in [-0.1, -0.05) is 38.1 Å². The highest BCUT2D eigenvalue weighted by molar-refractivity contribution is 5.97. The molecule has 0 N–H and O–H groups in total.